The van der Waals surface area contributed by atoms with Crippen LogP contribution in [-0.2, 0) is 23.9 Å². The summed E-state index contributed by atoms with van der Waals surface area (Å²) in [5, 5.41) is 11.3. The molecule has 0 fully saturated rings. The van der Waals surface area contributed by atoms with Crippen molar-refractivity contribution >= 4 is 5.91 Å². The van der Waals surface area contributed by atoms with E-state index in [-0.39, 0.29) is 18.9 Å². The van der Waals surface area contributed by atoms with E-state index in [0.717, 1.165) is 17.7 Å². The molecule has 2 rings (SSSR count). The van der Waals surface area contributed by atoms with Crippen LogP contribution >= 0.6 is 0 Å². The molecular formula is C18H15F3N2O. The highest BCUT2D eigenvalue weighted by atomic mass is 19.4. The van der Waals surface area contributed by atoms with Gasteiger partial charge in [-0.3, -0.25) is 4.79 Å². The number of hydrogen-bond donors (Lipinski definition) is 1. The molecule has 2 aromatic carbocycles. The Morgan fingerprint density at radius 1 is 1.08 bits per heavy atom. The highest BCUT2D eigenvalue weighted by Gasteiger charge is 2.30. The van der Waals surface area contributed by atoms with Crippen molar-refractivity contribution in [3.8, 4) is 6.07 Å². The maximum Gasteiger partial charge on any atom is 0.416 e. The number of alkyl halides is 3. The van der Waals surface area contributed by atoms with E-state index in [1.165, 1.54) is 12.1 Å². The summed E-state index contributed by atoms with van der Waals surface area (Å²) in [6.45, 7) is 0.0517. The van der Waals surface area contributed by atoms with E-state index in [1.54, 1.807) is 24.3 Å². The first-order chi connectivity index (χ1) is 11.4. The molecule has 3 nitrogen and oxygen atoms in total. The number of amides is 1. The van der Waals surface area contributed by atoms with Gasteiger partial charge in [-0.2, -0.15) is 18.4 Å². The fraction of sp³-hybridized carbons (Fsp3) is 0.222. The number of benzene rings is 2. The van der Waals surface area contributed by atoms with E-state index in [2.05, 4.69) is 5.32 Å². The molecule has 0 aliphatic heterocycles. The molecule has 24 heavy (non-hydrogen) atoms. The summed E-state index contributed by atoms with van der Waals surface area (Å²) in [6.07, 6.45) is -3.67. The van der Waals surface area contributed by atoms with E-state index in [1.807, 2.05) is 6.07 Å². The van der Waals surface area contributed by atoms with Crippen LogP contribution in [0.3, 0.4) is 0 Å². The maximum absolute atomic E-state index is 12.6. The van der Waals surface area contributed by atoms with Crippen LogP contribution in [0.5, 0.6) is 0 Å². The van der Waals surface area contributed by atoms with Crippen molar-refractivity contribution in [3.05, 3.63) is 70.8 Å². The Kier molecular flexibility index (Phi) is 5.59. The van der Waals surface area contributed by atoms with Crippen molar-refractivity contribution in [1.29, 1.82) is 5.26 Å². The molecule has 0 radical (unpaired) electrons. The van der Waals surface area contributed by atoms with E-state index in [9.17, 15) is 18.0 Å². The Balaban J connectivity index is 1.84. The van der Waals surface area contributed by atoms with Gasteiger partial charge in [0, 0.05) is 13.0 Å². The number of hydrogen-bond acceptors (Lipinski definition) is 2. The highest BCUT2D eigenvalue weighted by Crippen LogP contribution is 2.29. The quantitative estimate of drug-likeness (QED) is 0.905. The minimum atomic E-state index is -4.39. The predicted octanol–water partition coefficient (Wildman–Crippen LogP) is 3.83. The summed E-state index contributed by atoms with van der Waals surface area (Å²) in [7, 11) is 0. The smallest absolute Gasteiger partial charge is 0.352 e. The standard InChI is InChI=1S/C18H15F3N2O/c19-18(20,21)16-3-1-2-15(10-16)12-23-17(24)9-8-13-4-6-14(11-22)7-5-13/h1-7,10H,8-9,12H2,(H,23,24). The minimum Gasteiger partial charge on any atom is -0.352 e. The molecule has 0 atom stereocenters. The summed E-state index contributed by atoms with van der Waals surface area (Å²) >= 11 is 0. The third kappa shape index (κ3) is 5.13. The summed E-state index contributed by atoms with van der Waals surface area (Å²) in [4.78, 5) is 11.8. The number of rotatable bonds is 5. The van der Waals surface area contributed by atoms with Gasteiger partial charge >= 0.3 is 6.18 Å². The van der Waals surface area contributed by atoms with E-state index >= 15 is 0 Å². The number of carbonyl (C=O) groups excluding carboxylic acids is 1. The topological polar surface area (TPSA) is 52.9 Å². The molecule has 0 spiro atoms. The monoisotopic (exact) mass is 332 g/mol. The molecule has 0 bridgehead atoms. The third-order valence-electron chi connectivity index (χ3n) is 3.47. The molecule has 0 unspecified atom stereocenters. The first-order valence-corrected chi connectivity index (χ1v) is 7.30. The van der Waals surface area contributed by atoms with Gasteiger partial charge in [-0.25, -0.2) is 0 Å². The van der Waals surface area contributed by atoms with Crippen molar-refractivity contribution < 1.29 is 18.0 Å². The molecule has 2 aromatic rings. The lowest BCUT2D eigenvalue weighted by Crippen LogP contribution is -2.23. The van der Waals surface area contributed by atoms with Crippen LogP contribution < -0.4 is 5.32 Å². The van der Waals surface area contributed by atoms with Crippen LogP contribution in [0, 0.1) is 11.3 Å². The van der Waals surface area contributed by atoms with Gasteiger partial charge in [0.25, 0.3) is 0 Å². The molecule has 0 aromatic heterocycles. The second-order valence-electron chi connectivity index (χ2n) is 5.28. The van der Waals surface area contributed by atoms with Gasteiger partial charge in [-0.15, -0.1) is 0 Å². The van der Waals surface area contributed by atoms with Crippen molar-refractivity contribution in [1.82, 2.24) is 5.32 Å². The van der Waals surface area contributed by atoms with E-state index in [0.29, 0.717) is 17.5 Å². The normalized spacial score (nSPS) is 10.9. The van der Waals surface area contributed by atoms with Gasteiger partial charge in [-0.1, -0.05) is 24.3 Å². The fourth-order valence-electron chi connectivity index (χ4n) is 2.15. The van der Waals surface area contributed by atoms with Crippen LogP contribution in [0.4, 0.5) is 13.2 Å². The maximum atomic E-state index is 12.6. The second kappa shape index (κ2) is 7.64. The first kappa shape index (κ1) is 17.5. The lowest BCUT2D eigenvalue weighted by molar-refractivity contribution is -0.137. The van der Waals surface area contributed by atoms with Crippen molar-refractivity contribution in [2.24, 2.45) is 0 Å². The van der Waals surface area contributed by atoms with Gasteiger partial charge in [0.1, 0.15) is 0 Å². The highest BCUT2D eigenvalue weighted by molar-refractivity contribution is 5.76. The Bertz CT molecular complexity index is 746. The number of nitriles is 1. The number of halogens is 3. The average Bonchev–Trinajstić information content (AvgIpc) is 2.58. The summed E-state index contributed by atoms with van der Waals surface area (Å²) in [5.74, 6) is -0.239. The van der Waals surface area contributed by atoms with Crippen LogP contribution in [0.1, 0.15) is 28.7 Å². The largest absolute Gasteiger partial charge is 0.416 e. The van der Waals surface area contributed by atoms with Crippen molar-refractivity contribution in [2.45, 2.75) is 25.6 Å². The first-order valence-electron chi connectivity index (χ1n) is 7.30. The summed E-state index contributed by atoms with van der Waals surface area (Å²) in [6, 6.07) is 13.8. The third-order valence-corrected chi connectivity index (χ3v) is 3.47. The molecule has 0 saturated heterocycles. The summed E-state index contributed by atoms with van der Waals surface area (Å²) in [5.41, 5.74) is 1.14. The van der Waals surface area contributed by atoms with Crippen LogP contribution in [0.15, 0.2) is 48.5 Å². The minimum absolute atomic E-state index is 0.0517. The zero-order valence-corrected chi connectivity index (χ0v) is 12.7. The second-order valence-corrected chi connectivity index (χ2v) is 5.28. The lowest BCUT2D eigenvalue weighted by atomic mass is 10.1. The van der Waals surface area contributed by atoms with Gasteiger partial charge in [-0.05, 0) is 41.8 Å². The molecule has 0 heterocycles. The van der Waals surface area contributed by atoms with Crippen LogP contribution in [0.25, 0.3) is 0 Å². The number of nitrogens with one attached hydrogen (secondary N) is 1. The number of carbonyl (C=O) groups is 1. The van der Waals surface area contributed by atoms with Crippen LogP contribution in [-0.4, -0.2) is 5.91 Å². The number of nitrogens with zero attached hydrogens (tertiary/aromatic N) is 1. The predicted molar refractivity (Wildman–Crippen MR) is 82.8 cm³/mol. The van der Waals surface area contributed by atoms with Crippen molar-refractivity contribution in [2.75, 3.05) is 0 Å². The van der Waals surface area contributed by atoms with E-state index < -0.39 is 11.7 Å². The molecule has 0 aliphatic rings. The summed E-state index contributed by atoms with van der Waals surface area (Å²) < 4.78 is 37.9. The van der Waals surface area contributed by atoms with Gasteiger partial charge in [0.15, 0.2) is 0 Å². The molecule has 6 heteroatoms. The Morgan fingerprint density at radius 3 is 2.42 bits per heavy atom. The van der Waals surface area contributed by atoms with Gasteiger partial charge in [0.2, 0.25) is 5.91 Å². The molecule has 1 N–H and O–H groups in total. The molecule has 1 amide bonds. The zero-order chi connectivity index (χ0) is 17.6. The fourth-order valence-corrected chi connectivity index (χ4v) is 2.15. The Morgan fingerprint density at radius 2 is 1.79 bits per heavy atom. The van der Waals surface area contributed by atoms with Gasteiger partial charge in [0.05, 0.1) is 17.2 Å². The zero-order valence-electron chi connectivity index (χ0n) is 12.7. The molecule has 124 valence electrons. The molecule has 0 saturated carbocycles. The Labute approximate surface area is 137 Å². The lowest BCUT2D eigenvalue weighted by Gasteiger charge is -2.09. The number of aryl methyl sites for hydroxylation is 1. The molecular weight excluding hydrogens is 317 g/mol. The van der Waals surface area contributed by atoms with E-state index in [4.69, 9.17) is 5.26 Å². The van der Waals surface area contributed by atoms with Gasteiger partial charge < -0.3 is 5.32 Å². The van der Waals surface area contributed by atoms with Crippen molar-refractivity contribution in [3.63, 3.8) is 0 Å². The average molecular weight is 332 g/mol. The van der Waals surface area contributed by atoms with Crippen LogP contribution in [0.2, 0.25) is 0 Å². The Hall–Kier alpha value is -2.81. The molecule has 0 aliphatic carbocycles. The SMILES string of the molecule is N#Cc1ccc(CCC(=O)NCc2cccc(C(F)(F)F)c2)cc1.